The maximum absolute atomic E-state index is 15.6. The number of halogens is 2. The number of aromatic nitrogens is 5. The van der Waals surface area contributed by atoms with Crippen LogP contribution >= 0.6 is 0 Å². The first kappa shape index (κ1) is 23.2. The zero-order chi connectivity index (χ0) is 25.0. The lowest BCUT2D eigenvalue weighted by Gasteiger charge is -2.37. The Balaban J connectivity index is 1.62. The first-order chi connectivity index (χ1) is 16.6. The van der Waals surface area contributed by atoms with E-state index in [1.165, 1.54) is 21.3 Å². The Morgan fingerprint density at radius 3 is 2.51 bits per heavy atom. The van der Waals surface area contributed by atoms with Crippen LogP contribution in [0.2, 0.25) is 0 Å². The van der Waals surface area contributed by atoms with Crippen LogP contribution in [0.3, 0.4) is 0 Å². The molecule has 1 aliphatic rings. The predicted octanol–water partition coefficient (Wildman–Crippen LogP) is 3.89. The molecule has 0 amide bonds. The van der Waals surface area contributed by atoms with Crippen LogP contribution in [0.15, 0.2) is 24.4 Å². The third kappa shape index (κ3) is 4.20. The van der Waals surface area contributed by atoms with Gasteiger partial charge in [-0.15, -0.1) is 5.10 Å². The Hall–Kier alpha value is -3.60. The summed E-state index contributed by atoms with van der Waals surface area (Å²) in [6, 6.07) is 4.99. The lowest BCUT2D eigenvalue weighted by atomic mass is 10.1. The molecule has 0 aliphatic carbocycles. The zero-order valence-electron chi connectivity index (χ0n) is 20.3. The van der Waals surface area contributed by atoms with E-state index < -0.39 is 11.6 Å². The Morgan fingerprint density at radius 1 is 1.11 bits per heavy atom. The SMILES string of the molecule is Cc1nc2c(F)cc(Nc3nn(C(=O)C(C)C)c4cc(N5C[C@H](C)N[C@@H](C)C5)cc(F)c34)cn2n1. The highest BCUT2D eigenvalue weighted by Crippen LogP contribution is 2.33. The van der Waals surface area contributed by atoms with Crippen LogP contribution in [0.25, 0.3) is 16.6 Å². The number of piperazine rings is 1. The van der Waals surface area contributed by atoms with Crippen LogP contribution in [0, 0.1) is 24.5 Å². The van der Waals surface area contributed by atoms with E-state index in [1.807, 2.05) is 0 Å². The van der Waals surface area contributed by atoms with Gasteiger partial charge in [0.05, 0.1) is 22.8 Å². The van der Waals surface area contributed by atoms with Gasteiger partial charge in [-0.25, -0.2) is 18.3 Å². The number of fused-ring (bicyclic) bond motifs is 2. The average molecular weight is 483 g/mol. The van der Waals surface area contributed by atoms with Gasteiger partial charge in [0.25, 0.3) is 0 Å². The molecule has 2 atom stereocenters. The Bertz CT molecular complexity index is 1430. The number of pyridine rings is 1. The summed E-state index contributed by atoms with van der Waals surface area (Å²) < 4.78 is 32.8. The van der Waals surface area contributed by atoms with Crippen molar-refractivity contribution >= 4 is 39.6 Å². The summed E-state index contributed by atoms with van der Waals surface area (Å²) in [5, 5.41) is 15.2. The van der Waals surface area contributed by atoms with E-state index in [2.05, 4.69) is 44.6 Å². The van der Waals surface area contributed by atoms with Crippen LogP contribution in [0.4, 0.5) is 26.0 Å². The smallest absolute Gasteiger partial charge is 0.250 e. The number of carbonyl (C=O) groups is 1. The molecule has 4 aromatic rings. The normalized spacial score (nSPS) is 18.7. The topological polar surface area (TPSA) is 92.4 Å². The van der Waals surface area contributed by atoms with Gasteiger partial charge in [-0.1, -0.05) is 13.8 Å². The molecule has 0 radical (unpaired) electrons. The lowest BCUT2D eigenvalue weighted by Crippen LogP contribution is -2.54. The van der Waals surface area contributed by atoms with Crippen LogP contribution in [0.5, 0.6) is 0 Å². The first-order valence-electron chi connectivity index (χ1n) is 11.7. The van der Waals surface area contributed by atoms with Gasteiger partial charge in [0.2, 0.25) is 5.91 Å². The van der Waals surface area contributed by atoms with Crippen molar-refractivity contribution < 1.29 is 13.6 Å². The number of nitrogens with zero attached hydrogens (tertiary/aromatic N) is 6. The second-order valence-electron chi connectivity index (χ2n) is 9.58. The molecular weight excluding hydrogens is 454 g/mol. The highest BCUT2D eigenvalue weighted by Gasteiger charge is 2.26. The molecule has 184 valence electrons. The van der Waals surface area contributed by atoms with Crippen LogP contribution < -0.4 is 15.5 Å². The van der Waals surface area contributed by atoms with Gasteiger partial charge >= 0.3 is 0 Å². The third-order valence-corrected chi connectivity index (χ3v) is 6.10. The van der Waals surface area contributed by atoms with Crippen LogP contribution in [-0.4, -0.2) is 55.5 Å². The van der Waals surface area contributed by atoms with E-state index in [0.717, 1.165) is 0 Å². The van der Waals surface area contributed by atoms with Crippen LogP contribution in [0.1, 0.15) is 38.3 Å². The highest BCUT2D eigenvalue weighted by atomic mass is 19.1. The van der Waals surface area contributed by atoms with Crippen molar-refractivity contribution in [1.82, 2.24) is 29.7 Å². The van der Waals surface area contributed by atoms with Gasteiger partial charge in [0.1, 0.15) is 11.6 Å². The molecular formula is C24H28F2N8O. The minimum atomic E-state index is -0.581. The van der Waals surface area contributed by atoms with Crippen molar-refractivity contribution in [2.75, 3.05) is 23.3 Å². The van der Waals surface area contributed by atoms with Crippen molar-refractivity contribution in [1.29, 1.82) is 0 Å². The summed E-state index contributed by atoms with van der Waals surface area (Å²) in [5.74, 6) is -1.18. The molecule has 2 N–H and O–H groups in total. The van der Waals surface area contributed by atoms with Gasteiger partial charge in [-0.05, 0) is 32.9 Å². The Morgan fingerprint density at radius 2 is 1.83 bits per heavy atom. The molecule has 0 unspecified atom stereocenters. The molecule has 1 aromatic carbocycles. The van der Waals surface area contributed by atoms with Gasteiger partial charge < -0.3 is 15.5 Å². The molecule has 9 nitrogen and oxygen atoms in total. The second kappa shape index (κ2) is 8.56. The fraction of sp³-hybridized carbons (Fsp3) is 0.417. The highest BCUT2D eigenvalue weighted by molar-refractivity contribution is 6.00. The molecule has 5 rings (SSSR count). The molecule has 1 fully saturated rings. The van der Waals surface area contributed by atoms with E-state index in [-0.39, 0.29) is 40.8 Å². The number of nitrogens with one attached hydrogen (secondary N) is 2. The zero-order valence-corrected chi connectivity index (χ0v) is 20.3. The van der Waals surface area contributed by atoms with E-state index in [4.69, 9.17) is 0 Å². The van der Waals surface area contributed by atoms with Gasteiger partial charge in [0, 0.05) is 42.8 Å². The maximum Gasteiger partial charge on any atom is 0.250 e. The molecule has 3 aromatic heterocycles. The maximum atomic E-state index is 15.6. The first-order valence-corrected chi connectivity index (χ1v) is 11.7. The van der Waals surface area contributed by atoms with Gasteiger partial charge in [0.15, 0.2) is 17.3 Å². The second-order valence-corrected chi connectivity index (χ2v) is 9.58. The number of rotatable bonds is 4. The summed E-state index contributed by atoms with van der Waals surface area (Å²) >= 11 is 0. The molecule has 35 heavy (non-hydrogen) atoms. The van der Waals surface area contributed by atoms with Crippen molar-refractivity contribution in [3.05, 3.63) is 41.9 Å². The van der Waals surface area contributed by atoms with Gasteiger partial charge in [-0.3, -0.25) is 4.79 Å². The number of anilines is 3. The minimum Gasteiger partial charge on any atom is -0.368 e. The van der Waals surface area contributed by atoms with Crippen molar-refractivity contribution in [2.45, 2.75) is 46.7 Å². The largest absolute Gasteiger partial charge is 0.368 e. The Labute approximate surface area is 201 Å². The molecule has 1 aliphatic heterocycles. The Kier molecular flexibility index (Phi) is 5.66. The number of aryl methyl sites for hydroxylation is 1. The fourth-order valence-electron chi connectivity index (χ4n) is 4.66. The number of hydrogen-bond acceptors (Lipinski definition) is 7. The average Bonchev–Trinajstić information content (AvgIpc) is 3.33. The monoisotopic (exact) mass is 482 g/mol. The van der Waals surface area contributed by atoms with Crippen molar-refractivity contribution in [2.24, 2.45) is 5.92 Å². The number of hydrogen-bond donors (Lipinski definition) is 2. The quantitative estimate of drug-likeness (QED) is 0.456. The summed E-state index contributed by atoms with van der Waals surface area (Å²) in [5.41, 5.74) is 1.44. The molecule has 4 heterocycles. The third-order valence-electron chi connectivity index (χ3n) is 6.10. The number of benzene rings is 1. The van der Waals surface area contributed by atoms with Crippen LogP contribution in [-0.2, 0) is 0 Å². The number of carbonyl (C=O) groups excluding carboxylic acids is 1. The molecule has 11 heteroatoms. The predicted molar refractivity (Wildman–Crippen MR) is 130 cm³/mol. The van der Waals surface area contributed by atoms with E-state index >= 15 is 4.39 Å². The molecule has 0 spiro atoms. The summed E-state index contributed by atoms with van der Waals surface area (Å²) in [7, 11) is 0. The molecule has 0 saturated carbocycles. The van der Waals surface area contributed by atoms with E-state index in [1.54, 1.807) is 33.0 Å². The van der Waals surface area contributed by atoms with E-state index in [9.17, 15) is 9.18 Å². The van der Waals surface area contributed by atoms with Gasteiger partial charge in [-0.2, -0.15) is 9.78 Å². The summed E-state index contributed by atoms with van der Waals surface area (Å²) in [4.78, 5) is 19.2. The molecule has 0 bridgehead atoms. The lowest BCUT2D eigenvalue weighted by molar-refractivity contribution is 0.0845. The minimum absolute atomic E-state index is 0.0914. The van der Waals surface area contributed by atoms with Crippen molar-refractivity contribution in [3.8, 4) is 0 Å². The standard InChI is InChI=1S/C24H28F2N8O/c1-12(2)24(35)34-20-8-17(32-9-13(3)27-14(4)10-32)7-18(25)21(20)22(31-34)29-16-6-19(26)23-28-15(5)30-33(23)11-16/h6-8,11-14,27H,9-10H2,1-5H3,(H,29,31)/t13-,14-/m0/s1. The van der Waals surface area contributed by atoms with Crippen molar-refractivity contribution in [3.63, 3.8) is 0 Å². The van der Waals surface area contributed by atoms with E-state index in [0.29, 0.717) is 35.8 Å². The summed E-state index contributed by atoms with van der Waals surface area (Å²) in [6.45, 7) is 10.8. The fourth-order valence-corrected chi connectivity index (χ4v) is 4.66. The molecule has 1 saturated heterocycles. The summed E-state index contributed by atoms with van der Waals surface area (Å²) in [6.07, 6.45) is 1.54.